The van der Waals surface area contributed by atoms with Crippen LogP contribution in [-0.4, -0.2) is 60.7 Å². The highest BCUT2D eigenvalue weighted by molar-refractivity contribution is 5.71. The van der Waals surface area contributed by atoms with Crippen LogP contribution in [0, 0.1) is 11.8 Å². The van der Waals surface area contributed by atoms with E-state index < -0.39 is 0 Å². The van der Waals surface area contributed by atoms with Gasteiger partial charge in [-0.05, 0) is 57.3 Å². The highest BCUT2D eigenvalue weighted by Crippen LogP contribution is 2.19. The van der Waals surface area contributed by atoms with Crippen LogP contribution >= 0.6 is 0 Å². The molecule has 3 rings (SSSR count). The highest BCUT2D eigenvalue weighted by Gasteiger charge is 2.13. The van der Waals surface area contributed by atoms with Crippen LogP contribution in [0.2, 0.25) is 0 Å². The van der Waals surface area contributed by atoms with Crippen LogP contribution < -0.4 is 9.64 Å². The molecule has 0 N–H and O–H groups in total. The molecule has 1 aromatic carbocycles. The van der Waals surface area contributed by atoms with E-state index >= 15 is 0 Å². The van der Waals surface area contributed by atoms with Crippen LogP contribution in [0.25, 0.3) is 11.2 Å². The van der Waals surface area contributed by atoms with E-state index in [-0.39, 0.29) is 6.10 Å². The summed E-state index contributed by atoms with van der Waals surface area (Å²) in [6.07, 6.45) is 1.65. The van der Waals surface area contributed by atoms with Gasteiger partial charge in [-0.25, -0.2) is 15.0 Å². The third-order valence-corrected chi connectivity index (χ3v) is 4.03. The van der Waals surface area contributed by atoms with Crippen molar-refractivity contribution in [3.63, 3.8) is 0 Å². The van der Waals surface area contributed by atoms with E-state index in [0.717, 1.165) is 17.8 Å². The fourth-order valence-electron chi connectivity index (χ4n) is 2.78. The summed E-state index contributed by atoms with van der Waals surface area (Å²) in [5.41, 5.74) is 3.73. The van der Waals surface area contributed by atoms with Gasteiger partial charge in [-0.15, -0.1) is 0 Å². The van der Waals surface area contributed by atoms with Crippen molar-refractivity contribution in [3.05, 3.63) is 53.9 Å². The molecule has 0 radical (unpaired) electrons. The number of fused-ring (bicyclic) bond motifs is 1. The van der Waals surface area contributed by atoms with Crippen molar-refractivity contribution >= 4 is 16.9 Å². The predicted octanol–water partition coefficient (Wildman–Crippen LogP) is 2.82. The van der Waals surface area contributed by atoms with Crippen molar-refractivity contribution in [2.24, 2.45) is 0 Å². The molecule has 28 heavy (non-hydrogen) atoms. The van der Waals surface area contributed by atoms with Crippen LogP contribution in [0.1, 0.15) is 18.2 Å². The normalized spacial score (nSPS) is 11.8. The molecule has 0 saturated heterocycles. The molecule has 0 fully saturated rings. The number of anilines is 1. The Hall–Kier alpha value is -3.17. The van der Waals surface area contributed by atoms with Crippen LogP contribution in [0.5, 0.6) is 5.88 Å². The summed E-state index contributed by atoms with van der Waals surface area (Å²) in [6, 6.07) is 11.8. The third kappa shape index (κ3) is 4.96. The summed E-state index contributed by atoms with van der Waals surface area (Å²) >= 11 is 0. The number of rotatable bonds is 5. The molecule has 144 valence electrons. The van der Waals surface area contributed by atoms with Gasteiger partial charge in [-0.2, -0.15) is 0 Å². The largest absolute Gasteiger partial charge is 0.471 e. The topological polar surface area (TPSA) is 54.4 Å². The molecule has 0 aliphatic heterocycles. The summed E-state index contributed by atoms with van der Waals surface area (Å²) < 4.78 is 6.06. The van der Waals surface area contributed by atoms with Gasteiger partial charge in [0.1, 0.15) is 11.6 Å². The predicted molar refractivity (Wildman–Crippen MR) is 113 cm³/mol. The third-order valence-electron chi connectivity index (χ3n) is 4.03. The zero-order valence-corrected chi connectivity index (χ0v) is 17.0. The molecule has 3 aromatic rings. The SMILES string of the molecule is CC(CN(C)C)Oc1nc2cccnc2nc1C#Cc1cccc(N(C)C)c1. The number of pyridine rings is 1. The molecule has 0 spiro atoms. The van der Waals surface area contributed by atoms with Gasteiger partial charge in [0.25, 0.3) is 0 Å². The first-order chi connectivity index (χ1) is 13.4. The molecule has 2 heterocycles. The fraction of sp³-hybridized carbons (Fsp3) is 0.318. The van der Waals surface area contributed by atoms with Crippen molar-refractivity contribution in [1.82, 2.24) is 19.9 Å². The number of aromatic nitrogens is 3. The first-order valence-electron chi connectivity index (χ1n) is 9.16. The Bertz CT molecular complexity index is 1020. The minimum atomic E-state index is -0.0453. The van der Waals surface area contributed by atoms with E-state index in [2.05, 4.69) is 31.7 Å². The van der Waals surface area contributed by atoms with Crippen LogP contribution in [-0.2, 0) is 0 Å². The molecule has 6 nitrogen and oxygen atoms in total. The number of ether oxygens (including phenoxy) is 1. The molecule has 0 bridgehead atoms. The van der Waals surface area contributed by atoms with Crippen LogP contribution in [0.4, 0.5) is 5.69 Å². The summed E-state index contributed by atoms with van der Waals surface area (Å²) in [5, 5.41) is 0. The maximum absolute atomic E-state index is 6.06. The number of hydrogen-bond donors (Lipinski definition) is 0. The zero-order chi connectivity index (χ0) is 20.1. The van der Waals surface area contributed by atoms with Crippen LogP contribution in [0.3, 0.4) is 0 Å². The Morgan fingerprint density at radius 2 is 1.86 bits per heavy atom. The number of hydrogen-bond acceptors (Lipinski definition) is 6. The average molecular weight is 375 g/mol. The number of likely N-dealkylation sites (N-methyl/N-ethyl adjacent to an activating group) is 1. The molecule has 0 aliphatic carbocycles. The Kier molecular flexibility index (Phi) is 6.07. The molecule has 0 aliphatic rings. The maximum atomic E-state index is 6.06. The van der Waals surface area contributed by atoms with Gasteiger partial charge in [0.15, 0.2) is 11.3 Å². The van der Waals surface area contributed by atoms with Gasteiger partial charge >= 0.3 is 0 Å². The lowest BCUT2D eigenvalue weighted by Crippen LogP contribution is -2.28. The summed E-state index contributed by atoms with van der Waals surface area (Å²) in [4.78, 5) is 17.6. The molecule has 1 atom stereocenters. The van der Waals surface area contributed by atoms with E-state index in [4.69, 9.17) is 4.74 Å². The van der Waals surface area contributed by atoms with E-state index in [1.54, 1.807) is 6.20 Å². The van der Waals surface area contributed by atoms with Crippen molar-refractivity contribution in [2.75, 3.05) is 39.6 Å². The lowest BCUT2D eigenvalue weighted by Gasteiger charge is -2.18. The van der Waals surface area contributed by atoms with Crippen molar-refractivity contribution in [1.29, 1.82) is 0 Å². The van der Waals surface area contributed by atoms with Crippen molar-refractivity contribution in [2.45, 2.75) is 13.0 Å². The lowest BCUT2D eigenvalue weighted by atomic mass is 10.2. The highest BCUT2D eigenvalue weighted by atomic mass is 16.5. The molecular weight excluding hydrogens is 350 g/mol. The first kappa shape index (κ1) is 19.6. The van der Waals surface area contributed by atoms with E-state index in [1.165, 1.54) is 0 Å². The smallest absolute Gasteiger partial charge is 0.250 e. The number of nitrogens with zero attached hydrogens (tertiary/aromatic N) is 5. The average Bonchev–Trinajstić information content (AvgIpc) is 2.65. The van der Waals surface area contributed by atoms with Gasteiger partial charge in [0.2, 0.25) is 5.88 Å². The molecule has 2 aromatic heterocycles. The van der Waals surface area contributed by atoms with Crippen molar-refractivity contribution in [3.8, 4) is 17.7 Å². The fourth-order valence-corrected chi connectivity index (χ4v) is 2.78. The van der Waals surface area contributed by atoms with E-state index in [0.29, 0.717) is 22.7 Å². The van der Waals surface area contributed by atoms with Gasteiger partial charge in [-0.3, -0.25) is 0 Å². The molecule has 0 amide bonds. The van der Waals surface area contributed by atoms with Crippen molar-refractivity contribution < 1.29 is 4.74 Å². The Balaban J connectivity index is 1.99. The second kappa shape index (κ2) is 8.68. The van der Waals surface area contributed by atoms with E-state index in [1.807, 2.05) is 76.4 Å². The monoisotopic (exact) mass is 375 g/mol. The quantitative estimate of drug-likeness (QED) is 0.639. The van der Waals surface area contributed by atoms with Gasteiger partial charge in [-0.1, -0.05) is 12.0 Å². The second-order valence-electron chi connectivity index (χ2n) is 7.11. The minimum Gasteiger partial charge on any atom is -0.471 e. The Morgan fingerprint density at radius 1 is 1.04 bits per heavy atom. The molecule has 1 unspecified atom stereocenters. The Morgan fingerprint density at radius 3 is 2.61 bits per heavy atom. The van der Waals surface area contributed by atoms with Crippen LogP contribution in [0.15, 0.2) is 42.6 Å². The summed E-state index contributed by atoms with van der Waals surface area (Å²) in [7, 11) is 8.03. The standard InChI is InChI=1S/C22H25N5O/c1-16(15-26(2)3)28-22-20(24-21-19(25-22)10-7-13-23-21)12-11-17-8-6-9-18(14-17)27(4)5/h6-10,13-14,16H,15H2,1-5H3. The Labute approximate surface area is 166 Å². The van der Waals surface area contributed by atoms with Gasteiger partial charge in [0.05, 0.1) is 0 Å². The van der Waals surface area contributed by atoms with E-state index in [9.17, 15) is 0 Å². The lowest BCUT2D eigenvalue weighted by molar-refractivity contribution is 0.170. The summed E-state index contributed by atoms with van der Waals surface area (Å²) in [6.45, 7) is 2.78. The first-order valence-corrected chi connectivity index (χ1v) is 9.16. The summed E-state index contributed by atoms with van der Waals surface area (Å²) in [5.74, 6) is 6.74. The van der Waals surface area contributed by atoms with Gasteiger partial charge < -0.3 is 14.5 Å². The molecule has 0 saturated carbocycles. The van der Waals surface area contributed by atoms with Gasteiger partial charge in [0, 0.05) is 38.1 Å². The number of benzene rings is 1. The molecule has 6 heteroatoms. The second-order valence-corrected chi connectivity index (χ2v) is 7.11. The molecular formula is C22H25N5O. The minimum absolute atomic E-state index is 0.0453. The maximum Gasteiger partial charge on any atom is 0.250 e. The zero-order valence-electron chi connectivity index (χ0n) is 17.0.